The largest absolute Gasteiger partial charge is 0.382 e. The second-order valence-corrected chi connectivity index (χ2v) is 13.4. The molecular weight excluding hydrogens is 520 g/mol. The fourth-order valence-corrected chi connectivity index (χ4v) is 5.00. The number of rotatable bonds is 15. The molecule has 1 heterocycles. The molecule has 0 unspecified atom stereocenters. The SMILES string of the molecule is CN(C)S(=O)(=O)CCCOCCC(C)(C)CC(C)(C)CCCN=C(N)NC(=O)c1nc(Cl)c(N)nc1N. The van der Waals surface area contributed by atoms with Crippen LogP contribution in [0.25, 0.3) is 0 Å². The summed E-state index contributed by atoms with van der Waals surface area (Å²) < 4.78 is 30.5. The van der Waals surface area contributed by atoms with Gasteiger partial charge in [-0.2, -0.15) is 0 Å². The minimum Gasteiger partial charge on any atom is -0.382 e. The number of guanidine groups is 1. The van der Waals surface area contributed by atoms with Gasteiger partial charge in [0.1, 0.15) is 0 Å². The molecule has 7 N–H and O–H groups in total. The van der Waals surface area contributed by atoms with Gasteiger partial charge in [-0.3, -0.25) is 15.1 Å². The highest BCUT2D eigenvalue weighted by Crippen LogP contribution is 2.39. The summed E-state index contributed by atoms with van der Waals surface area (Å²) in [7, 11) is -0.115. The molecule has 0 aliphatic heterocycles. The molecule has 0 spiro atoms. The summed E-state index contributed by atoms with van der Waals surface area (Å²) in [6.45, 7) is 10.3. The predicted octanol–water partition coefficient (Wildman–Crippen LogP) is 2.25. The zero-order chi connectivity index (χ0) is 28.4. The van der Waals surface area contributed by atoms with Crippen molar-refractivity contribution in [2.45, 2.75) is 59.8 Å². The lowest BCUT2D eigenvalue weighted by Gasteiger charge is -2.35. The molecule has 37 heavy (non-hydrogen) atoms. The highest BCUT2D eigenvalue weighted by atomic mass is 35.5. The van der Waals surface area contributed by atoms with Crippen molar-refractivity contribution >= 4 is 45.1 Å². The number of halogens is 1. The molecule has 0 saturated heterocycles. The molecule has 1 rings (SSSR count). The maximum absolute atomic E-state index is 12.3. The van der Waals surface area contributed by atoms with Gasteiger partial charge in [0, 0.05) is 33.9 Å². The second-order valence-electron chi connectivity index (χ2n) is 10.8. The summed E-state index contributed by atoms with van der Waals surface area (Å²) in [5.74, 6) is -0.849. The molecule has 0 atom stereocenters. The van der Waals surface area contributed by atoms with Gasteiger partial charge in [-0.25, -0.2) is 22.7 Å². The van der Waals surface area contributed by atoms with Gasteiger partial charge in [-0.15, -0.1) is 0 Å². The third-order valence-corrected chi connectivity index (χ3v) is 7.98. The van der Waals surface area contributed by atoms with E-state index in [1.807, 2.05) is 0 Å². The molecule has 0 fully saturated rings. The Morgan fingerprint density at radius 3 is 2.30 bits per heavy atom. The van der Waals surface area contributed by atoms with Gasteiger partial charge < -0.3 is 21.9 Å². The molecule has 0 radical (unpaired) electrons. The normalized spacial score (nSPS) is 13.2. The third-order valence-electron chi connectivity index (χ3n) is 5.78. The fourth-order valence-electron chi connectivity index (χ4n) is 4.03. The Balaban J connectivity index is 2.40. The quantitative estimate of drug-likeness (QED) is 0.141. The maximum Gasteiger partial charge on any atom is 0.280 e. The first-order valence-corrected chi connectivity index (χ1v) is 14.1. The van der Waals surface area contributed by atoms with E-state index in [1.54, 1.807) is 0 Å². The van der Waals surface area contributed by atoms with E-state index in [2.05, 4.69) is 48.0 Å². The zero-order valence-electron chi connectivity index (χ0n) is 22.8. The highest BCUT2D eigenvalue weighted by Gasteiger charge is 2.28. The number of ether oxygens (including phenoxy) is 1. The van der Waals surface area contributed by atoms with E-state index < -0.39 is 15.9 Å². The number of nitrogens with zero attached hydrogens (tertiary/aromatic N) is 4. The summed E-state index contributed by atoms with van der Waals surface area (Å²) in [4.78, 5) is 24.1. The fraction of sp³-hybridized carbons (Fsp3) is 0.739. The van der Waals surface area contributed by atoms with Crippen molar-refractivity contribution in [3.63, 3.8) is 0 Å². The number of aliphatic imine (C=N–C) groups is 1. The van der Waals surface area contributed by atoms with Crippen LogP contribution in [0.3, 0.4) is 0 Å². The summed E-state index contributed by atoms with van der Waals surface area (Å²) in [5.41, 5.74) is 17.0. The Labute approximate surface area is 225 Å². The Morgan fingerprint density at radius 1 is 1.05 bits per heavy atom. The number of carbonyl (C=O) groups excluding carboxylic acids is 1. The van der Waals surface area contributed by atoms with Crippen molar-refractivity contribution in [2.24, 2.45) is 21.6 Å². The molecule has 0 aromatic carbocycles. The Kier molecular flexibility index (Phi) is 12.5. The van der Waals surface area contributed by atoms with Crippen LogP contribution in [0.15, 0.2) is 4.99 Å². The first-order chi connectivity index (χ1) is 17.0. The van der Waals surface area contributed by atoms with E-state index in [0.29, 0.717) is 26.2 Å². The van der Waals surface area contributed by atoms with Crippen LogP contribution < -0.4 is 22.5 Å². The number of hydrogen-bond donors (Lipinski definition) is 4. The first-order valence-electron chi connectivity index (χ1n) is 12.1. The van der Waals surface area contributed by atoms with E-state index in [1.165, 1.54) is 18.4 Å². The van der Waals surface area contributed by atoms with E-state index in [0.717, 1.165) is 25.7 Å². The van der Waals surface area contributed by atoms with Crippen molar-refractivity contribution in [1.29, 1.82) is 0 Å². The summed E-state index contributed by atoms with van der Waals surface area (Å²) in [5, 5.41) is 2.30. The van der Waals surface area contributed by atoms with Gasteiger partial charge in [0.05, 0.1) is 5.75 Å². The smallest absolute Gasteiger partial charge is 0.280 e. The van der Waals surface area contributed by atoms with Crippen LogP contribution >= 0.6 is 11.6 Å². The van der Waals surface area contributed by atoms with Crippen LogP contribution in [0, 0.1) is 10.8 Å². The zero-order valence-corrected chi connectivity index (χ0v) is 24.4. The van der Waals surface area contributed by atoms with Crippen LogP contribution in [0.4, 0.5) is 11.6 Å². The molecule has 12 nitrogen and oxygen atoms in total. The van der Waals surface area contributed by atoms with Gasteiger partial charge in [0.25, 0.3) is 5.91 Å². The molecule has 1 amide bonds. The lowest BCUT2D eigenvalue weighted by molar-refractivity contribution is 0.0832. The number of nitrogen functional groups attached to an aromatic ring is 2. The Bertz CT molecular complexity index is 1050. The van der Waals surface area contributed by atoms with Crippen molar-refractivity contribution in [1.82, 2.24) is 19.6 Å². The van der Waals surface area contributed by atoms with Crippen LogP contribution in [0.2, 0.25) is 5.15 Å². The summed E-state index contributed by atoms with van der Waals surface area (Å²) in [6, 6.07) is 0. The summed E-state index contributed by atoms with van der Waals surface area (Å²) >= 11 is 5.81. The highest BCUT2D eigenvalue weighted by molar-refractivity contribution is 7.89. The van der Waals surface area contributed by atoms with Crippen LogP contribution in [-0.4, -0.2) is 74.2 Å². The van der Waals surface area contributed by atoms with E-state index in [9.17, 15) is 13.2 Å². The molecule has 212 valence electrons. The second kappa shape index (κ2) is 14.1. The minimum absolute atomic E-state index is 0.0483. The molecule has 1 aromatic heterocycles. The average Bonchev–Trinajstić information content (AvgIpc) is 2.75. The summed E-state index contributed by atoms with van der Waals surface area (Å²) in [6.07, 6.45) is 4.02. The minimum atomic E-state index is -3.18. The number of anilines is 2. The Morgan fingerprint density at radius 2 is 1.68 bits per heavy atom. The molecule has 0 aliphatic rings. The third kappa shape index (κ3) is 12.2. The van der Waals surface area contributed by atoms with E-state index in [-0.39, 0.29) is 45.0 Å². The van der Waals surface area contributed by atoms with Gasteiger partial charge in [0.2, 0.25) is 10.0 Å². The number of nitrogens with one attached hydrogen (secondary N) is 1. The molecule has 0 bridgehead atoms. The van der Waals surface area contributed by atoms with Gasteiger partial charge in [0.15, 0.2) is 28.4 Å². The van der Waals surface area contributed by atoms with Gasteiger partial charge >= 0.3 is 0 Å². The van der Waals surface area contributed by atoms with E-state index >= 15 is 0 Å². The van der Waals surface area contributed by atoms with Crippen LogP contribution in [0.5, 0.6) is 0 Å². The van der Waals surface area contributed by atoms with Crippen molar-refractivity contribution in [2.75, 3.05) is 51.1 Å². The van der Waals surface area contributed by atoms with E-state index in [4.69, 9.17) is 33.5 Å². The topological polar surface area (TPSA) is 192 Å². The standard InChI is InChI=1S/C23H43ClN8O4S/c1-22(2,15-23(3,4)10-13-36-12-8-14-37(34,35)32(5)6)9-7-11-28-21(27)31-20(33)16-18(25)30-19(26)17(24)29-16/h7-15H2,1-6H3,(H4,25,26,30)(H3,27,28,31,33). The molecule has 14 heteroatoms. The lowest BCUT2D eigenvalue weighted by Crippen LogP contribution is -2.38. The number of nitrogens with two attached hydrogens (primary N) is 3. The maximum atomic E-state index is 12.3. The number of hydrogen-bond acceptors (Lipinski definition) is 9. The number of sulfonamides is 1. The molecular formula is C23H43ClN8O4S. The number of carbonyl (C=O) groups is 1. The van der Waals surface area contributed by atoms with Gasteiger partial charge in [-0.1, -0.05) is 39.3 Å². The van der Waals surface area contributed by atoms with Crippen LogP contribution in [0.1, 0.15) is 70.3 Å². The van der Waals surface area contributed by atoms with Crippen molar-refractivity contribution < 1.29 is 17.9 Å². The number of aromatic nitrogens is 2. The van der Waals surface area contributed by atoms with Crippen molar-refractivity contribution in [3.8, 4) is 0 Å². The lowest BCUT2D eigenvalue weighted by atomic mass is 9.71. The predicted molar refractivity (Wildman–Crippen MR) is 149 cm³/mol. The monoisotopic (exact) mass is 562 g/mol. The van der Waals surface area contributed by atoms with Crippen molar-refractivity contribution in [3.05, 3.63) is 10.8 Å². The van der Waals surface area contributed by atoms with Gasteiger partial charge in [-0.05, 0) is 42.9 Å². The average molecular weight is 563 g/mol. The molecule has 0 saturated carbocycles. The Hall–Kier alpha value is -2.22. The molecule has 1 aromatic rings. The molecule has 0 aliphatic carbocycles. The number of amides is 1. The first kappa shape index (κ1) is 32.8. The van der Waals surface area contributed by atoms with Crippen LogP contribution in [-0.2, 0) is 14.8 Å².